The van der Waals surface area contributed by atoms with Crippen molar-refractivity contribution in [2.45, 2.75) is 62.2 Å². The molecular weight excluding hydrogens is 426 g/mol. The molecule has 1 aliphatic heterocycles. The number of ketones is 1. The highest BCUT2D eigenvalue weighted by atomic mass is 16.5. The highest BCUT2D eigenvalue weighted by molar-refractivity contribution is 5.90. The molecule has 2 unspecified atom stereocenters. The van der Waals surface area contributed by atoms with Crippen molar-refractivity contribution in [3.8, 4) is 0 Å². The summed E-state index contributed by atoms with van der Waals surface area (Å²) in [6, 6.07) is 0.105. The molecule has 6 rings (SSSR count). The summed E-state index contributed by atoms with van der Waals surface area (Å²) in [4.78, 5) is 16.5. The van der Waals surface area contributed by atoms with E-state index in [2.05, 4.69) is 11.8 Å². The van der Waals surface area contributed by atoms with Crippen LogP contribution in [0.15, 0.2) is 0 Å². The van der Waals surface area contributed by atoms with Crippen LogP contribution < -0.4 is 0 Å². The maximum Gasteiger partial charge on any atom is 0.168 e. The first kappa shape index (κ1) is 22.8. The average molecular weight is 466 g/mol. The molecule has 2 N–H and O–H groups in total. The molecule has 1 heterocycles. The highest BCUT2D eigenvalue weighted by Gasteiger charge is 2.86. The van der Waals surface area contributed by atoms with Gasteiger partial charge in [-0.3, -0.25) is 9.69 Å². The standard InChI is InChI=1S/C25H39NO7/c1-6-26-10-23(11-30-2)8-7-13(31-3)25-12-9-24(29)21(28)14(12)15(17(27)22(24)33-5)16(20(25)26)18(32-4)19(23)25/h12-16,18-22,28-29H,6-11H2,1-5H3/t12-,13+,14+,15?,16+,18+,19-,20?,21-,22+,23+,24-,25+/m1/s1. The van der Waals surface area contributed by atoms with E-state index in [1.165, 1.54) is 7.11 Å². The first-order valence-corrected chi connectivity index (χ1v) is 12.6. The van der Waals surface area contributed by atoms with Crippen LogP contribution in [0, 0.1) is 40.4 Å². The van der Waals surface area contributed by atoms with Crippen LogP contribution >= 0.6 is 0 Å². The van der Waals surface area contributed by atoms with Gasteiger partial charge in [0.1, 0.15) is 11.7 Å². The monoisotopic (exact) mass is 465 g/mol. The summed E-state index contributed by atoms with van der Waals surface area (Å²) in [5, 5.41) is 23.2. The van der Waals surface area contributed by atoms with E-state index < -0.39 is 23.7 Å². The van der Waals surface area contributed by atoms with E-state index in [0.717, 1.165) is 25.9 Å². The minimum absolute atomic E-state index is 0.0216. The van der Waals surface area contributed by atoms with E-state index in [1.807, 2.05) is 0 Å². The lowest BCUT2D eigenvalue weighted by Gasteiger charge is -2.68. The van der Waals surface area contributed by atoms with Crippen molar-refractivity contribution in [1.29, 1.82) is 0 Å². The second-order valence-corrected chi connectivity index (χ2v) is 11.7. The molecule has 8 heteroatoms. The third kappa shape index (κ3) is 2.27. The Morgan fingerprint density at radius 1 is 1.12 bits per heavy atom. The minimum Gasteiger partial charge on any atom is -0.390 e. The molecule has 33 heavy (non-hydrogen) atoms. The van der Waals surface area contributed by atoms with Crippen LogP contribution in [0.2, 0.25) is 0 Å². The van der Waals surface area contributed by atoms with Crippen molar-refractivity contribution in [1.82, 2.24) is 4.90 Å². The van der Waals surface area contributed by atoms with Crippen LogP contribution in [0.25, 0.3) is 0 Å². The molecule has 0 aromatic heterocycles. The average Bonchev–Trinajstić information content (AvgIpc) is 3.12. The Morgan fingerprint density at radius 3 is 2.48 bits per heavy atom. The van der Waals surface area contributed by atoms with E-state index in [4.69, 9.17) is 18.9 Å². The maximum atomic E-state index is 13.9. The molecule has 1 spiro atoms. The number of likely N-dealkylation sites (tertiary alicyclic amines) is 1. The number of nitrogens with zero attached hydrogens (tertiary/aromatic N) is 1. The Balaban J connectivity index is 1.64. The predicted octanol–water partition coefficient (Wildman–Crippen LogP) is 0.335. The SMILES string of the molecule is CCN1C[C@]2(COC)CC[C@H](OC)[C@@]34C1[C@@H](C1C(=O)[C@H](OC)[C@@]5(O)C[C@@H]3[C@@H]1[C@H]5O)[C@H](OC)[C@H]24. The molecule has 0 aromatic rings. The van der Waals surface area contributed by atoms with Crippen LogP contribution in [-0.2, 0) is 23.7 Å². The fourth-order valence-corrected chi connectivity index (χ4v) is 10.8. The molecule has 6 fully saturated rings. The molecule has 0 aromatic carbocycles. The normalized spacial score (nSPS) is 58.7. The number of aliphatic hydroxyl groups is 2. The number of aliphatic hydroxyl groups excluding tert-OH is 1. The van der Waals surface area contributed by atoms with Crippen molar-refractivity contribution in [2.75, 3.05) is 48.1 Å². The molecule has 1 saturated heterocycles. The van der Waals surface area contributed by atoms with Gasteiger partial charge in [0.05, 0.1) is 24.9 Å². The number of carbonyl (C=O) groups is 1. The molecule has 8 nitrogen and oxygen atoms in total. The summed E-state index contributed by atoms with van der Waals surface area (Å²) in [6.45, 7) is 4.61. The van der Waals surface area contributed by atoms with Gasteiger partial charge in [0.15, 0.2) is 5.78 Å². The number of hydrogen-bond donors (Lipinski definition) is 2. The molecule has 5 aliphatic carbocycles. The number of Topliss-reactive ketones (excluding diaryl/α,β-unsaturated/α-hetero) is 1. The van der Waals surface area contributed by atoms with Crippen molar-refractivity contribution < 1.29 is 34.0 Å². The van der Waals surface area contributed by atoms with Crippen LogP contribution in [0.4, 0.5) is 0 Å². The number of methoxy groups -OCH3 is 4. The summed E-state index contributed by atoms with van der Waals surface area (Å²) in [5.74, 6) is -0.732. The van der Waals surface area contributed by atoms with E-state index in [0.29, 0.717) is 13.0 Å². The van der Waals surface area contributed by atoms with Gasteiger partial charge >= 0.3 is 0 Å². The Hall–Kier alpha value is -0.610. The van der Waals surface area contributed by atoms with Crippen LogP contribution in [0.5, 0.6) is 0 Å². The molecule has 7 bridgehead atoms. The molecule has 6 aliphatic rings. The van der Waals surface area contributed by atoms with Crippen molar-refractivity contribution >= 4 is 5.78 Å². The zero-order chi connectivity index (χ0) is 23.5. The third-order valence-electron chi connectivity index (χ3n) is 11.2. The number of rotatable bonds is 6. The second kappa shape index (κ2) is 7.21. The summed E-state index contributed by atoms with van der Waals surface area (Å²) in [7, 11) is 6.81. The fraction of sp³-hybridized carbons (Fsp3) is 0.960. The van der Waals surface area contributed by atoms with Crippen LogP contribution in [-0.4, -0.2) is 105 Å². The van der Waals surface area contributed by atoms with E-state index in [9.17, 15) is 15.0 Å². The summed E-state index contributed by atoms with van der Waals surface area (Å²) < 4.78 is 24.1. The van der Waals surface area contributed by atoms with Crippen molar-refractivity contribution in [2.24, 2.45) is 40.4 Å². The van der Waals surface area contributed by atoms with Gasteiger partial charge in [0.2, 0.25) is 0 Å². The zero-order valence-corrected chi connectivity index (χ0v) is 20.4. The van der Waals surface area contributed by atoms with Gasteiger partial charge in [-0.1, -0.05) is 6.92 Å². The smallest absolute Gasteiger partial charge is 0.168 e. The number of fused-ring (bicyclic) bond motifs is 2. The first-order valence-electron chi connectivity index (χ1n) is 12.6. The lowest BCUT2D eigenvalue weighted by Crippen LogP contribution is -2.74. The number of carbonyl (C=O) groups excluding carboxylic acids is 1. The van der Waals surface area contributed by atoms with E-state index in [-0.39, 0.29) is 58.5 Å². The van der Waals surface area contributed by atoms with E-state index >= 15 is 0 Å². The van der Waals surface area contributed by atoms with Gasteiger partial charge in [0.25, 0.3) is 0 Å². The Bertz CT molecular complexity index is 840. The lowest BCUT2D eigenvalue weighted by molar-refractivity contribution is -0.250. The third-order valence-corrected chi connectivity index (χ3v) is 11.2. The van der Waals surface area contributed by atoms with Crippen molar-refractivity contribution in [3.05, 3.63) is 0 Å². The molecule has 13 atom stereocenters. The van der Waals surface area contributed by atoms with E-state index in [1.54, 1.807) is 21.3 Å². The molecule has 0 radical (unpaired) electrons. The fourth-order valence-electron chi connectivity index (χ4n) is 10.8. The maximum absolute atomic E-state index is 13.9. The number of ether oxygens (including phenoxy) is 4. The van der Waals surface area contributed by atoms with Gasteiger partial charge in [-0.05, 0) is 31.7 Å². The summed E-state index contributed by atoms with van der Waals surface area (Å²) >= 11 is 0. The molecule has 186 valence electrons. The Morgan fingerprint density at radius 2 is 1.88 bits per heavy atom. The second-order valence-electron chi connectivity index (χ2n) is 11.7. The number of piperidine rings is 1. The Kier molecular flexibility index (Phi) is 4.99. The lowest BCUT2D eigenvalue weighted by atomic mass is 9.43. The van der Waals surface area contributed by atoms with Gasteiger partial charge in [-0.2, -0.15) is 0 Å². The molecule has 5 saturated carbocycles. The van der Waals surface area contributed by atoms with Crippen LogP contribution in [0.1, 0.15) is 26.2 Å². The molecule has 0 amide bonds. The quantitative estimate of drug-likeness (QED) is 0.580. The van der Waals surface area contributed by atoms with Gasteiger partial charge in [0, 0.05) is 75.5 Å². The highest BCUT2D eigenvalue weighted by Crippen LogP contribution is 2.78. The summed E-state index contributed by atoms with van der Waals surface area (Å²) in [5.41, 5.74) is -1.98. The van der Waals surface area contributed by atoms with Gasteiger partial charge in [-0.25, -0.2) is 0 Å². The summed E-state index contributed by atoms with van der Waals surface area (Å²) in [6.07, 6.45) is 0.105. The topological polar surface area (TPSA) is 97.7 Å². The largest absolute Gasteiger partial charge is 0.390 e. The van der Waals surface area contributed by atoms with Gasteiger partial charge < -0.3 is 29.2 Å². The minimum atomic E-state index is -1.55. The first-order chi connectivity index (χ1) is 15.8. The van der Waals surface area contributed by atoms with Crippen molar-refractivity contribution in [3.63, 3.8) is 0 Å². The Labute approximate surface area is 195 Å². The van der Waals surface area contributed by atoms with Crippen LogP contribution in [0.3, 0.4) is 0 Å². The van der Waals surface area contributed by atoms with Gasteiger partial charge in [-0.15, -0.1) is 0 Å². The molecular formula is C25H39NO7. The predicted molar refractivity (Wildman–Crippen MR) is 117 cm³/mol. The zero-order valence-electron chi connectivity index (χ0n) is 20.4. The number of hydrogen-bond acceptors (Lipinski definition) is 8.